The molecule has 0 N–H and O–H groups in total. The van der Waals surface area contributed by atoms with Gasteiger partial charge in [-0.15, -0.1) is 0 Å². The summed E-state index contributed by atoms with van der Waals surface area (Å²) >= 11 is 0. The maximum Gasteiger partial charge on any atom is 0.415 e. The summed E-state index contributed by atoms with van der Waals surface area (Å²) in [5.41, 5.74) is 6.55. The molecular weight excluding hydrogens is 452 g/mol. The van der Waals surface area contributed by atoms with Gasteiger partial charge in [0.05, 0.1) is 14.2 Å². The third kappa shape index (κ3) is 4.89. The normalized spacial score (nSPS) is 10.9. The minimum Gasteiger partial charge on any atom is -0.493 e. The third-order valence-electron chi connectivity index (χ3n) is 6.65. The van der Waals surface area contributed by atoms with E-state index in [2.05, 4.69) is 48.9 Å². The van der Waals surface area contributed by atoms with E-state index in [1.165, 1.54) is 16.7 Å². The Balaban J connectivity index is 1.86. The number of carbonyl (C=O) groups is 1. The van der Waals surface area contributed by atoms with Gasteiger partial charge in [-0.25, -0.2) is 4.79 Å². The second-order valence-electron chi connectivity index (χ2n) is 8.86. The maximum atomic E-state index is 12.9. The highest BCUT2D eigenvalue weighted by molar-refractivity contribution is 6.00. The first-order valence-electron chi connectivity index (χ1n) is 12.3. The van der Waals surface area contributed by atoms with Crippen molar-refractivity contribution >= 4 is 17.0 Å². The zero-order valence-electron chi connectivity index (χ0n) is 21.9. The molecule has 3 aromatic carbocycles. The highest BCUT2D eigenvalue weighted by Gasteiger charge is 2.20. The number of fused-ring (bicyclic) bond motifs is 1. The summed E-state index contributed by atoms with van der Waals surface area (Å²) in [6.45, 7) is 10.0. The van der Waals surface area contributed by atoms with Gasteiger partial charge in [-0.2, -0.15) is 0 Å². The van der Waals surface area contributed by atoms with E-state index in [0.29, 0.717) is 30.3 Å². The highest BCUT2D eigenvalue weighted by atomic mass is 16.6. The van der Waals surface area contributed by atoms with Crippen LogP contribution in [0, 0.1) is 13.8 Å². The molecule has 1 aromatic heterocycles. The fraction of sp³-hybridized carbons (Fsp3) is 0.300. The lowest BCUT2D eigenvalue weighted by atomic mass is 9.99. The van der Waals surface area contributed by atoms with Crippen LogP contribution in [-0.2, 0) is 6.54 Å². The van der Waals surface area contributed by atoms with Crippen LogP contribution in [0.1, 0.15) is 30.5 Å². The summed E-state index contributed by atoms with van der Waals surface area (Å²) in [5.74, 6) is 1.77. The molecule has 6 heteroatoms. The second-order valence-corrected chi connectivity index (χ2v) is 8.86. The Hall–Kier alpha value is -3.93. The van der Waals surface area contributed by atoms with Crippen molar-refractivity contribution in [3.63, 3.8) is 0 Å². The lowest BCUT2D eigenvalue weighted by molar-refractivity contribution is 0.157. The molecule has 188 valence electrons. The largest absolute Gasteiger partial charge is 0.493 e. The van der Waals surface area contributed by atoms with Gasteiger partial charge in [0.25, 0.3) is 0 Å². The molecule has 0 saturated heterocycles. The Labute approximate surface area is 213 Å². The molecule has 0 radical (unpaired) electrons. The standard InChI is InChI=1S/C30H34N2O4/c1-7-31(8-2)30(33)36-27-14-12-25-24(29(27)22-11-13-26(34-5)28(18-22)35-6)15-16-32(25)19-23-17-20(3)9-10-21(23)4/h9-18H,7-8,19H2,1-6H3. The fourth-order valence-electron chi connectivity index (χ4n) is 4.56. The van der Waals surface area contributed by atoms with Crippen molar-refractivity contribution in [2.45, 2.75) is 34.2 Å². The number of hydrogen-bond donors (Lipinski definition) is 0. The van der Waals surface area contributed by atoms with Crippen LogP contribution in [-0.4, -0.2) is 42.9 Å². The van der Waals surface area contributed by atoms with E-state index < -0.39 is 0 Å². The topological polar surface area (TPSA) is 52.9 Å². The molecule has 0 bridgehead atoms. The minimum absolute atomic E-state index is 0.365. The Bertz CT molecular complexity index is 1390. The SMILES string of the molecule is CCN(CC)C(=O)Oc1ccc2c(ccn2Cc2cc(C)ccc2C)c1-c1ccc(OC)c(OC)c1. The molecule has 0 saturated carbocycles. The average molecular weight is 487 g/mol. The van der Waals surface area contributed by atoms with E-state index in [-0.39, 0.29) is 6.09 Å². The van der Waals surface area contributed by atoms with Gasteiger partial charge in [0.15, 0.2) is 11.5 Å². The summed E-state index contributed by atoms with van der Waals surface area (Å²) in [4.78, 5) is 14.5. The summed E-state index contributed by atoms with van der Waals surface area (Å²) in [7, 11) is 3.23. The van der Waals surface area contributed by atoms with Gasteiger partial charge in [-0.1, -0.05) is 29.8 Å². The Morgan fingerprint density at radius 3 is 2.28 bits per heavy atom. The number of rotatable bonds is 8. The molecule has 0 aliphatic carbocycles. The monoisotopic (exact) mass is 486 g/mol. The van der Waals surface area contributed by atoms with Crippen molar-refractivity contribution in [2.75, 3.05) is 27.3 Å². The Morgan fingerprint density at radius 2 is 1.58 bits per heavy atom. The first-order valence-corrected chi connectivity index (χ1v) is 12.3. The van der Waals surface area contributed by atoms with Crippen molar-refractivity contribution in [2.24, 2.45) is 0 Å². The average Bonchev–Trinajstić information content (AvgIpc) is 3.29. The summed E-state index contributed by atoms with van der Waals surface area (Å²) in [6, 6.07) is 18.3. The predicted molar refractivity (Wildman–Crippen MR) is 144 cm³/mol. The molecule has 36 heavy (non-hydrogen) atoms. The number of aryl methyl sites for hydroxylation is 2. The van der Waals surface area contributed by atoms with Gasteiger partial charge >= 0.3 is 6.09 Å². The van der Waals surface area contributed by atoms with E-state index in [1.807, 2.05) is 44.2 Å². The molecule has 0 fully saturated rings. The number of benzene rings is 3. The molecule has 1 heterocycles. The quantitative estimate of drug-likeness (QED) is 0.274. The maximum absolute atomic E-state index is 12.9. The molecule has 0 aliphatic rings. The van der Waals surface area contributed by atoms with Crippen molar-refractivity contribution < 1.29 is 19.0 Å². The number of methoxy groups -OCH3 is 2. The molecule has 1 amide bonds. The molecule has 0 unspecified atom stereocenters. The van der Waals surface area contributed by atoms with Crippen LogP contribution >= 0.6 is 0 Å². The lowest BCUT2D eigenvalue weighted by Gasteiger charge is -2.20. The summed E-state index contributed by atoms with van der Waals surface area (Å²) in [5, 5.41) is 0.998. The summed E-state index contributed by atoms with van der Waals surface area (Å²) < 4.78 is 19.2. The molecule has 0 aliphatic heterocycles. The first kappa shape index (κ1) is 25.2. The highest BCUT2D eigenvalue weighted by Crippen LogP contribution is 2.41. The Kier molecular flexibility index (Phi) is 7.53. The third-order valence-corrected chi connectivity index (χ3v) is 6.65. The van der Waals surface area contributed by atoms with Crippen LogP contribution in [0.5, 0.6) is 17.2 Å². The van der Waals surface area contributed by atoms with Crippen molar-refractivity contribution in [1.82, 2.24) is 9.47 Å². The predicted octanol–water partition coefficient (Wildman–Crippen LogP) is 6.83. The van der Waals surface area contributed by atoms with Crippen molar-refractivity contribution in [3.8, 4) is 28.4 Å². The smallest absolute Gasteiger partial charge is 0.415 e. The fourth-order valence-corrected chi connectivity index (χ4v) is 4.56. The van der Waals surface area contributed by atoms with Gasteiger partial charge in [-0.3, -0.25) is 0 Å². The number of amides is 1. The molecule has 0 atom stereocenters. The van der Waals surface area contributed by atoms with Crippen LogP contribution in [0.25, 0.3) is 22.0 Å². The van der Waals surface area contributed by atoms with E-state index in [0.717, 1.165) is 28.6 Å². The van der Waals surface area contributed by atoms with Crippen molar-refractivity contribution in [1.29, 1.82) is 0 Å². The van der Waals surface area contributed by atoms with E-state index in [9.17, 15) is 4.79 Å². The van der Waals surface area contributed by atoms with Gasteiger partial charge in [0.1, 0.15) is 5.75 Å². The summed E-state index contributed by atoms with van der Waals surface area (Å²) in [6.07, 6.45) is 1.73. The number of aromatic nitrogens is 1. The van der Waals surface area contributed by atoms with Crippen molar-refractivity contribution in [3.05, 3.63) is 77.5 Å². The van der Waals surface area contributed by atoms with Crippen LogP contribution in [0.3, 0.4) is 0 Å². The first-order chi connectivity index (χ1) is 17.4. The van der Waals surface area contributed by atoms with E-state index >= 15 is 0 Å². The minimum atomic E-state index is -0.365. The van der Waals surface area contributed by atoms with Crippen LogP contribution in [0.15, 0.2) is 60.8 Å². The van der Waals surface area contributed by atoms with Crippen LogP contribution < -0.4 is 14.2 Å². The zero-order chi connectivity index (χ0) is 25.8. The van der Waals surface area contributed by atoms with Gasteiger partial charge in [0, 0.05) is 42.3 Å². The van der Waals surface area contributed by atoms with Crippen LogP contribution in [0.4, 0.5) is 4.79 Å². The number of carbonyl (C=O) groups excluding carboxylic acids is 1. The molecule has 6 nitrogen and oxygen atoms in total. The van der Waals surface area contributed by atoms with E-state index in [1.54, 1.807) is 19.1 Å². The lowest BCUT2D eigenvalue weighted by Crippen LogP contribution is -2.33. The molecular formula is C30H34N2O4. The molecule has 4 rings (SSSR count). The zero-order valence-corrected chi connectivity index (χ0v) is 21.9. The van der Waals surface area contributed by atoms with E-state index in [4.69, 9.17) is 14.2 Å². The molecule has 4 aromatic rings. The number of hydrogen-bond acceptors (Lipinski definition) is 4. The second kappa shape index (κ2) is 10.8. The van der Waals surface area contributed by atoms with Gasteiger partial charge < -0.3 is 23.7 Å². The molecule has 0 spiro atoms. The van der Waals surface area contributed by atoms with Gasteiger partial charge in [0.2, 0.25) is 0 Å². The number of nitrogens with zero attached hydrogens (tertiary/aromatic N) is 2. The number of ether oxygens (including phenoxy) is 3. The Morgan fingerprint density at radius 1 is 0.861 bits per heavy atom. The van der Waals surface area contributed by atoms with Gasteiger partial charge in [-0.05, 0) is 74.7 Å². The van der Waals surface area contributed by atoms with Crippen LogP contribution in [0.2, 0.25) is 0 Å².